The van der Waals surface area contributed by atoms with E-state index in [4.69, 9.17) is 4.74 Å². The maximum atomic E-state index is 11.9. The highest BCUT2D eigenvalue weighted by atomic mass is 17.2. The Morgan fingerprint density at radius 2 is 1.85 bits per heavy atom. The monoisotopic (exact) mass is 286 g/mol. The summed E-state index contributed by atoms with van der Waals surface area (Å²) in [6.45, 7) is 7.29. The highest BCUT2D eigenvalue weighted by Crippen LogP contribution is 2.24. The molecule has 0 spiro atoms. The zero-order chi connectivity index (χ0) is 15.6. The smallest absolute Gasteiger partial charge is 0.400 e. The molecule has 1 aliphatic rings. The van der Waals surface area contributed by atoms with Gasteiger partial charge in [0.15, 0.2) is 5.54 Å². The van der Waals surface area contributed by atoms with Gasteiger partial charge < -0.3 is 4.74 Å². The van der Waals surface area contributed by atoms with Crippen LogP contribution in [0.3, 0.4) is 0 Å². The van der Waals surface area contributed by atoms with Crippen molar-refractivity contribution in [1.29, 1.82) is 0 Å². The fourth-order valence-corrected chi connectivity index (χ4v) is 1.12. The van der Waals surface area contributed by atoms with E-state index in [0.29, 0.717) is 0 Å². The second kappa shape index (κ2) is 5.56. The van der Waals surface area contributed by atoms with Crippen LogP contribution in [-0.2, 0) is 28.9 Å². The zero-order valence-corrected chi connectivity index (χ0v) is 12.1. The summed E-state index contributed by atoms with van der Waals surface area (Å²) < 4.78 is 5.08. The van der Waals surface area contributed by atoms with Gasteiger partial charge >= 0.3 is 17.9 Å². The van der Waals surface area contributed by atoms with Gasteiger partial charge in [-0.15, -0.1) is 0 Å². The molecule has 0 fully saturated rings. The molecule has 1 aliphatic heterocycles. The van der Waals surface area contributed by atoms with Crippen molar-refractivity contribution >= 4 is 17.9 Å². The Balaban J connectivity index is 2.74. The summed E-state index contributed by atoms with van der Waals surface area (Å²) in [4.78, 5) is 43.7. The summed E-state index contributed by atoms with van der Waals surface area (Å²) in [5.74, 6) is -2.89. The molecular weight excluding hydrogens is 268 g/mol. The first-order chi connectivity index (χ1) is 9.08. The Morgan fingerprint density at radius 1 is 1.25 bits per heavy atom. The molecule has 0 aromatic carbocycles. The van der Waals surface area contributed by atoms with Crippen molar-refractivity contribution in [2.45, 2.75) is 45.8 Å². The van der Waals surface area contributed by atoms with Gasteiger partial charge in [0.05, 0.1) is 5.92 Å². The second-order valence-electron chi connectivity index (χ2n) is 5.51. The SMILES string of the molecule is CC(C)C(=O)OOC(=O)C1(C)CN=NC(C)(C)C(=O)O1. The van der Waals surface area contributed by atoms with Gasteiger partial charge in [-0.25, -0.2) is 24.2 Å². The number of azo groups is 1. The molecule has 0 aliphatic carbocycles. The Bertz CT molecular complexity index is 457. The van der Waals surface area contributed by atoms with Gasteiger partial charge in [0.25, 0.3) is 0 Å². The van der Waals surface area contributed by atoms with Crippen LogP contribution < -0.4 is 0 Å². The van der Waals surface area contributed by atoms with Crippen molar-refractivity contribution < 1.29 is 28.9 Å². The molecule has 0 N–H and O–H groups in total. The van der Waals surface area contributed by atoms with Crippen molar-refractivity contribution in [2.24, 2.45) is 16.1 Å². The largest absolute Gasteiger partial charge is 0.443 e. The lowest BCUT2D eigenvalue weighted by atomic mass is 10.1. The van der Waals surface area contributed by atoms with E-state index < -0.39 is 35.0 Å². The summed E-state index contributed by atoms with van der Waals surface area (Å²) in [6, 6.07) is 0. The third kappa shape index (κ3) is 3.52. The van der Waals surface area contributed by atoms with Crippen LogP contribution >= 0.6 is 0 Å². The molecule has 0 aromatic heterocycles. The van der Waals surface area contributed by atoms with Crippen LogP contribution in [0.1, 0.15) is 34.6 Å². The van der Waals surface area contributed by atoms with Crippen LogP contribution in [-0.4, -0.2) is 35.6 Å². The number of ether oxygens (including phenoxy) is 1. The fourth-order valence-electron chi connectivity index (χ4n) is 1.12. The fraction of sp³-hybridized carbons (Fsp3) is 0.750. The summed E-state index contributed by atoms with van der Waals surface area (Å²) in [7, 11) is 0. The van der Waals surface area contributed by atoms with Gasteiger partial charge in [0.2, 0.25) is 5.60 Å². The quantitative estimate of drug-likeness (QED) is 0.429. The molecule has 1 rings (SSSR count). The second-order valence-corrected chi connectivity index (χ2v) is 5.51. The number of hydrogen-bond donors (Lipinski definition) is 0. The van der Waals surface area contributed by atoms with E-state index in [-0.39, 0.29) is 6.54 Å². The molecule has 8 nitrogen and oxygen atoms in total. The first-order valence-electron chi connectivity index (χ1n) is 6.13. The summed E-state index contributed by atoms with van der Waals surface area (Å²) in [5, 5.41) is 7.52. The van der Waals surface area contributed by atoms with Crippen LogP contribution in [0, 0.1) is 5.92 Å². The zero-order valence-electron chi connectivity index (χ0n) is 12.1. The number of nitrogens with zero attached hydrogens (tertiary/aromatic N) is 2. The third-order valence-electron chi connectivity index (χ3n) is 2.61. The lowest BCUT2D eigenvalue weighted by Crippen LogP contribution is -2.46. The minimum atomic E-state index is -1.67. The Kier molecular flexibility index (Phi) is 4.46. The van der Waals surface area contributed by atoms with E-state index in [0.717, 1.165) is 0 Å². The van der Waals surface area contributed by atoms with E-state index in [9.17, 15) is 14.4 Å². The maximum absolute atomic E-state index is 11.9. The molecule has 0 aromatic rings. The van der Waals surface area contributed by atoms with Gasteiger partial charge in [-0.2, -0.15) is 10.2 Å². The van der Waals surface area contributed by atoms with Crippen molar-refractivity contribution in [2.75, 3.05) is 6.54 Å². The summed E-state index contributed by atoms with van der Waals surface area (Å²) in [5.41, 5.74) is -2.85. The van der Waals surface area contributed by atoms with Gasteiger partial charge in [-0.05, 0) is 20.8 Å². The van der Waals surface area contributed by atoms with Crippen molar-refractivity contribution in [3.63, 3.8) is 0 Å². The van der Waals surface area contributed by atoms with Gasteiger partial charge in [-0.1, -0.05) is 13.8 Å². The first-order valence-corrected chi connectivity index (χ1v) is 6.13. The molecule has 1 atom stereocenters. The highest BCUT2D eigenvalue weighted by Gasteiger charge is 2.46. The van der Waals surface area contributed by atoms with Crippen LogP contribution in [0.2, 0.25) is 0 Å². The number of rotatable bonds is 2. The molecular formula is C12H18N2O6. The molecule has 0 saturated carbocycles. The van der Waals surface area contributed by atoms with Gasteiger partial charge in [0.1, 0.15) is 6.54 Å². The Morgan fingerprint density at radius 3 is 2.40 bits per heavy atom. The van der Waals surface area contributed by atoms with E-state index >= 15 is 0 Å². The Hall–Kier alpha value is -1.99. The summed E-state index contributed by atoms with van der Waals surface area (Å²) >= 11 is 0. The predicted octanol–water partition coefficient (Wildman–Crippen LogP) is 1.19. The molecule has 0 radical (unpaired) electrons. The number of carbonyl (C=O) groups is 3. The molecule has 20 heavy (non-hydrogen) atoms. The summed E-state index contributed by atoms with van der Waals surface area (Å²) in [6.07, 6.45) is 0. The van der Waals surface area contributed by atoms with Crippen molar-refractivity contribution in [1.82, 2.24) is 0 Å². The molecule has 0 saturated heterocycles. The molecule has 0 amide bonds. The molecule has 8 heteroatoms. The van der Waals surface area contributed by atoms with E-state index in [2.05, 4.69) is 20.0 Å². The number of esters is 1. The number of hydrogen-bond acceptors (Lipinski definition) is 8. The normalized spacial score (nSPS) is 24.8. The van der Waals surface area contributed by atoms with Crippen LogP contribution in [0.5, 0.6) is 0 Å². The number of carbonyl (C=O) groups excluding carboxylic acids is 3. The van der Waals surface area contributed by atoms with Crippen LogP contribution in [0.25, 0.3) is 0 Å². The molecule has 1 heterocycles. The van der Waals surface area contributed by atoms with E-state index in [1.54, 1.807) is 13.8 Å². The van der Waals surface area contributed by atoms with Crippen LogP contribution in [0.15, 0.2) is 10.2 Å². The average Bonchev–Trinajstić information content (AvgIpc) is 2.43. The topological polar surface area (TPSA) is 104 Å². The minimum absolute atomic E-state index is 0.208. The highest BCUT2D eigenvalue weighted by molar-refractivity contribution is 5.87. The molecule has 1 unspecified atom stereocenters. The van der Waals surface area contributed by atoms with Gasteiger partial charge in [-0.3, -0.25) is 0 Å². The van der Waals surface area contributed by atoms with Crippen LogP contribution in [0.4, 0.5) is 0 Å². The number of cyclic esters (lactones) is 1. The minimum Gasteiger partial charge on any atom is -0.443 e. The average molecular weight is 286 g/mol. The predicted molar refractivity (Wildman–Crippen MR) is 65.3 cm³/mol. The molecule has 0 bridgehead atoms. The first kappa shape index (κ1) is 16.1. The lowest BCUT2D eigenvalue weighted by molar-refractivity contribution is -0.272. The van der Waals surface area contributed by atoms with E-state index in [1.165, 1.54) is 20.8 Å². The van der Waals surface area contributed by atoms with Gasteiger partial charge in [0, 0.05) is 0 Å². The third-order valence-corrected chi connectivity index (χ3v) is 2.61. The lowest BCUT2D eigenvalue weighted by Gasteiger charge is -2.24. The van der Waals surface area contributed by atoms with Crippen molar-refractivity contribution in [3.8, 4) is 0 Å². The van der Waals surface area contributed by atoms with E-state index in [1.807, 2.05) is 0 Å². The molecule has 112 valence electrons. The maximum Gasteiger partial charge on any atom is 0.400 e. The Labute approximate surface area is 116 Å². The van der Waals surface area contributed by atoms with Crippen molar-refractivity contribution in [3.05, 3.63) is 0 Å². The standard InChI is InChI=1S/C12H18N2O6/c1-7(2)8(15)19-20-10(17)12(5)6-13-14-11(3,4)9(16)18-12/h7H,6H2,1-5H3.